The van der Waals surface area contributed by atoms with E-state index in [1.165, 1.54) is 18.2 Å². The van der Waals surface area contributed by atoms with Gasteiger partial charge in [-0.1, -0.05) is 0 Å². The first-order valence-corrected chi connectivity index (χ1v) is 8.95. The molecule has 1 aromatic carbocycles. The van der Waals surface area contributed by atoms with Gasteiger partial charge in [0.25, 0.3) is 0 Å². The molecule has 0 saturated carbocycles. The molecule has 1 saturated heterocycles. The molecule has 3 N–H and O–H groups in total. The maximum Gasteiger partial charge on any atom is 0.241 e. The van der Waals surface area contributed by atoms with Crippen LogP contribution in [0, 0.1) is 0 Å². The van der Waals surface area contributed by atoms with E-state index in [1.54, 1.807) is 11.8 Å². The Morgan fingerprint density at radius 1 is 1.38 bits per heavy atom. The number of carbonyl (C=O) groups excluding carboxylic acids is 1. The van der Waals surface area contributed by atoms with Crippen LogP contribution in [0.3, 0.4) is 0 Å². The fourth-order valence-electron chi connectivity index (χ4n) is 2.24. The Morgan fingerprint density at radius 2 is 2.00 bits per heavy atom. The minimum Gasteiger partial charge on any atom is -0.398 e. The molecule has 0 radical (unpaired) electrons. The molecular weight excluding hydrogens is 358 g/mol. The molecular formula is C13H18BrN3O3S. The summed E-state index contributed by atoms with van der Waals surface area (Å²) in [5.41, 5.74) is 6.10. The van der Waals surface area contributed by atoms with Crippen LogP contribution >= 0.6 is 15.9 Å². The van der Waals surface area contributed by atoms with Crippen LogP contribution in [0.25, 0.3) is 0 Å². The summed E-state index contributed by atoms with van der Waals surface area (Å²) in [7, 11) is -3.76. The molecule has 0 aliphatic carbocycles. The summed E-state index contributed by atoms with van der Waals surface area (Å²) >= 11 is 3.20. The summed E-state index contributed by atoms with van der Waals surface area (Å²) < 4.78 is 27.5. The highest BCUT2D eigenvalue weighted by Crippen LogP contribution is 2.23. The van der Waals surface area contributed by atoms with Crippen molar-refractivity contribution in [3.05, 3.63) is 22.7 Å². The molecule has 1 unspecified atom stereocenters. The molecule has 21 heavy (non-hydrogen) atoms. The first kappa shape index (κ1) is 16.3. The van der Waals surface area contributed by atoms with Gasteiger partial charge < -0.3 is 10.6 Å². The monoisotopic (exact) mass is 375 g/mol. The van der Waals surface area contributed by atoms with E-state index in [1.807, 2.05) is 0 Å². The van der Waals surface area contributed by atoms with Crippen molar-refractivity contribution in [3.63, 3.8) is 0 Å². The standard InChI is InChI=1S/C13H18BrN3O3S/c1-9(13(18)17-6-2-3-7-17)16-21(19,20)10-4-5-12(15)11(14)8-10/h4-5,8-9,16H,2-3,6-7,15H2,1H3. The largest absolute Gasteiger partial charge is 0.398 e. The number of carbonyl (C=O) groups is 1. The number of amides is 1. The Labute approximate surface area is 132 Å². The van der Waals surface area contributed by atoms with Gasteiger partial charge in [-0.15, -0.1) is 0 Å². The second kappa shape index (κ2) is 6.33. The highest BCUT2D eigenvalue weighted by molar-refractivity contribution is 9.10. The quantitative estimate of drug-likeness (QED) is 0.776. The normalized spacial score (nSPS) is 17.0. The lowest BCUT2D eigenvalue weighted by molar-refractivity contribution is -0.131. The highest BCUT2D eigenvalue weighted by Gasteiger charge is 2.27. The topological polar surface area (TPSA) is 92.5 Å². The van der Waals surface area contributed by atoms with E-state index < -0.39 is 16.1 Å². The van der Waals surface area contributed by atoms with Crippen molar-refractivity contribution in [1.29, 1.82) is 0 Å². The van der Waals surface area contributed by atoms with Crippen LogP contribution in [0.2, 0.25) is 0 Å². The fraction of sp³-hybridized carbons (Fsp3) is 0.462. The number of hydrogen-bond acceptors (Lipinski definition) is 4. The molecule has 0 aromatic heterocycles. The van der Waals surface area contributed by atoms with Gasteiger partial charge in [-0.3, -0.25) is 4.79 Å². The van der Waals surface area contributed by atoms with Gasteiger partial charge in [-0.05, 0) is 53.9 Å². The number of rotatable bonds is 4. The lowest BCUT2D eigenvalue weighted by Gasteiger charge is -2.21. The van der Waals surface area contributed by atoms with Crippen molar-refractivity contribution < 1.29 is 13.2 Å². The molecule has 1 heterocycles. The molecule has 1 amide bonds. The van der Waals surface area contributed by atoms with Gasteiger partial charge in [0.15, 0.2) is 0 Å². The number of halogens is 1. The third-order valence-corrected chi connectivity index (χ3v) is 5.63. The molecule has 1 aliphatic rings. The smallest absolute Gasteiger partial charge is 0.241 e. The van der Waals surface area contributed by atoms with Crippen molar-refractivity contribution >= 4 is 37.5 Å². The lowest BCUT2D eigenvalue weighted by Crippen LogP contribution is -2.45. The summed E-state index contributed by atoms with van der Waals surface area (Å²) in [6.07, 6.45) is 1.94. The van der Waals surface area contributed by atoms with E-state index >= 15 is 0 Å². The zero-order valence-corrected chi connectivity index (χ0v) is 14.1. The summed E-state index contributed by atoms with van der Waals surface area (Å²) in [6, 6.07) is 3.55. The van der Waals surface area contributed by atoms with E-state index in [9.17, 15) is 13.2 Å². The molecule has 116 valence electrons. The summed E-state index contributed by atoms with van der Waals surface area (Å²) in [5, 5.41) is 0. The number of benzene rings is 1. The van der Waals surface area contributed by atoms with Gasteiger partial charge in [-0.25, -0.2) is 8.42 Å². The van der Waals surface area contributed by atoms with E-state index in [0.29, 0.717) is 23.2 Å². The van der Waals surface area contributed by atoms with Gasteiger partial charge >= 0.3 is 0 Å². The van der Waals surface area contributed by atoms with E-state index in [-0.39, 0.29) is 10.8 Å². The molecule has 2 rings (SSSR count). The number of nitrogens with two attached hydrogens (primary N) is 1. The average molecular weight is 376 g/mol. The van der Waals surface area contributed by atoms with Crippen molar-refractivity contribution in [2.75, 3.05) is 18.8 Å². The minimum absolute atomic E-state index is 0.0737. The van der Waals surface area contributed by atoms with Gasteiger partial charge in [0.2, 0.25) is 15.9 Å². The van der Waals surface area contributed by atoms with Crippen molar-refractivity contribution in [1.82, 2.24) is 9.62 Å². The number of nitrogens with one attached hydrogen (secondary N) is 1. The second-order valence-electron chi connectivity index (χ2n) is 5.06. The lowest BCUT2D eigenvalue weighted by atomic mass is 10.3. The highest BCUT2D eigenvalue weighted by atomic mass is 79.9. The summed E-state index contributed by atoms with van der Waals surface area (Å²) in [4.78, 5) is 13.9. The maximum absolute atomic E-state index is 12.3. The molecule has 1 aliphatic heterocycles. The molecule has 1 fully saturated rings. The van der Waals surface area contributed by atoms with Crippen LogP contribution in [0.5, 0.6) is 0 Å². The third kappa shape index (κ3) is 3.75. The summed E-state index contributed by atoms with van der Waals surface area (Å²) in [5.74, 6) is -0.189. The zero-order chi connectivity index (χ0) is 15.6. The number of nitrogens with zero attached hydrogens (tertiary/aromatic N) is 1. The third-order valence-electron chi connectivity index (χ3n) is 3.40. The van der Waals surface area contributed by atoms with Gasteiger partial charge in [-0.2, -0.15) is 4.72 Å². The number of hydrogen-bond donors (Lipinski definition) is 2. The van der Waals surface area contributed by atoms with Crippen LogP contribution in [-0.2, 0) is 14.8 Å². The SMILES string of the molecule is CC(NS(=O)(=O)c1ccc(N)c(Br)c1)C(=O)N1CCCC1. The maximum atomic E-state index is 12.3. The van der Waals surface area contributed by atoms with Gasteiger partial charge in [0, 0.05) is 23.2 Å². The zero-order valence-electron chi connectivity index (χ0n) is 11.7. The molecule has 1 atom stereocenters. The Bertz CT molecular complexity index is 642. The second-order valence-corrected chi connectivity index (χ2v) is 7.63. The molecule has 0 bridgehead atoms. The molecule has 0 spiro atoms. The first-order chi connectivity index (χ1) is 9.81. The predicted octanol–water partition coefficient (Wildman–Crippen LogP) is 1.32. The van der Waals surface area contributed by atoms with Crippen molar-refractivity contribution in [2.45, 2.75) is 30.7 Å². The fourth-order valence-corrected chi connectivity index (χ4v) is 3.99. The van der Waals surface area contributed by atoms with E-state index in [0.717, 1.165) is 12.8 Å². The first-order valence-electron chi connectivity index (χ1n) is 6.67. The molecule has 6 nitrogen and oxygen atoms in total. The van der Waals surface area contributed by atoms with Crippen LogP contribution in [0.4, 0.5) is 5.69 Å². The average Bonchev–Trinajstić information content (AvgIpc) is 2.94. The Balaban J connectivity index is 2.12. The van der Waals surface area contributed by atoms with Crippen LogP contribution in [0.1, 0.15) is 19.8 Å². The van der Waals surface area contributed by atoms with Crippen molar-refractivity contribution in [2.24, 2.45) is 0 Å². The number of likely N-dealkylation sites (tertiary alicyclic amines) is 1. The van der Waals surface area contributed by atoms with E-state index in [2.05, 4.69) is 20.7 Å². The minimum atomic E-state index is -3.76. The Kier molecular flexibility index (Phi) is 4.90. The number of anilines is 1. The molecule has 1 aromatic rings. The molecule has 8 heteroatoms. The van der Waals surface area contributed by atoms with Gasteiger partial charge in [0.05, 0.1) is 10.9 Å². The van der Waals surface area contributed by atoms with Crippen LogP contribution in [0.15, 0.2) is 27.6 Å². The summed E-state index contributed by atoms with van der Waals surface area (Å²) in [6.45, 7) is 2.95. The van der Waals surface area contributed by atoms with Gasteiger partial charge in [0.1, 0.15) is 0 Å². The van der Waals surface area contributed by atoms with Crippen LogP contribution in [-0.4, -0.2) is 38.4 Å². The van der Waals surface area contributed by atoms with Crippen LogP contribution < -0.4 is 10.5 Å². The number of sulfonamides is 1. The Morgan fingerprint density at radius 3 is 2.57 bits per heavy atom. The number of nitrogen functional groups attached to an aromatic ring is 1. The predicted molar refractivity (Wildman–Crippen MR) is 84.2 cm³/mol. The Hall–Kier alpha value is -1.12. The van der Waals surface area contributed by atoms with E-state index in [4.69, 9.17) is 5.73 Å². The van der Waals surface area contributed by atoms with Crippen molar-refractivity contribution in [3.8, 4) is 0 Å².